The largest absolute Gasteiger partial charge is 0.389 e. The minimum Gasteiger partial charge on any atom is -0.389 e. The van der Waals surface area contributed by atoms with E-state index in [9.17, 15) is 5.11 Å². The Hall–Kier alpha value is -1.12. The molecule has 2 heteroatoms. The summed E-state index contributed by atoms with van der Waals surface area (Å²) < 4.78 is 1.10. The van der Waals surface area contributed by atoms with Crippen LogP contribution in [0, 0.1) is 0 Å². The lowest BCUT2D eigenvalue weighted by molar-refractivity contribution is 0.197. The van der Waals surface area contributed by atoms with E-state index in [1.165, 1.54) is 22.3 Å². The Labute approximate surface area is 128 Å². The van der Waals surface area contributed by atoms with Gasteiger partial charge in [-0.25, -0.2) is 0 Å². The van der Waals surface area contributed by atoms with Gasteiger partial charge in [0, 0.05) is 4.47 Å². The summed E-state index contributed by atoms with van der Waals surface area (Å²) in [6.45, 7) is 1.85. The smallest absolute Gasteiger partial charge is 0.0775 e. The standard InChI is InChI=1S/C18H19BrO/c1-12(20)17-15-8-6-13-2-4-14(5-3-13)7-9-16(11-10-15)18(17)19/h2-5,10-12,20H,6-9H2,1H3/t12-/m1/s1. The average Bonchev–Trinajstić information content (AvgIpc) is 2.42. The highest BCUT2D eigenvalue weighted by atomic mass is 79.9. The van der Waals surface area contributed by atoms with Crippen molar-refractivity contribution >= 4 is 15.9 Å². The minimum atomic E-state index is -0.428. The number of hydrogen-bond acceptors (Lipinski definition) is 1. The van der Waals surface area contributed by atoms with Gasteiger partial charge in [-0.3, -0.25) is 0 Å². The summed E-state index contributed by atoms with van der Waals surface area (Å²) in [4.78, 5) is 0. The summed E-state index contributed by atoms with van der Waals surface area (Å²) >= 11 is 3.71. The average molecular weight is 331 g/mol. The lowest BCUT2D eigenvalue weighted by Crippen LogP contribution is -2.06. The first-order valence-electron chi connectivity index (χ1n) is 7.21. The molecule has 1 nitrogen and oxygen atoms in total. The van der Waals surface area contributed by atoms with Gasteiger partial charge in [0.25, 0.3) is 0 Å². The molecule has 6 rings (SSSR count). The fraction of sp³-hybridized carbons (Fsp3) is 0.333. The molecule has 0 saturated carbocycles. The Bertz CT molecular complexity index is 614. The molecular weight excluding hydrogens is 312 g/mol. The second-order valence-electron chi connectivity index (χ2n) is 5.60. The molecule has 0 unspecified atom stereocenters. The van der Waals surface area contributed by atoms with Gasteiger partial charge in [-0.1, -0.05) is 52.3 Å². The first kappa shape index (κ1) is 13.8. The van der Waals surface area contributed by atoms with Gasteiger partial charge in [0.05, 0.1) is 6.10 Å². The second kappa shape index (κ2) is 5.71. The van der Waals surface area contributed by atoms with Gasteiger partial charge in [0.1, 0.15) is 0 Å². The van der Waals surface area contributed by atoms with Gasteiger partial charge in [0.2, 0.25) is 0 Å². The van der Waals surface area contributed by atoms with E-state index in [-0.39, 0.29) is 0 Å². The van der Waals surface area contributed by atoms with Gasteiger partial charge < -0.3 is 5.11 Å². The molecule has 0 heterocycles. The van der Waals surface area contributed by atoms with Crippen LogP contribution in [-0.4, -0.2) is 5.11 Å². The van der Waals surface area contributed by atoms with Gasteiger partial charge in [-0.2, -0.15) is 0 Å². The maximum atomic E-state index is 10.1. The van der Waals surface area contributed by atoms with Crippen LogP contribution in [0.5, 0.6) is 0 Å². The maximum absolute atomic E-state index is 10.1. The molecule has 0 aliphatic heterocycles. The summed E-state index contributed by atoms with van der Waals surface area (Å²) in [5.41, 5.74) is 6.35. The van der Waals surface area contributed by atoms with Crippen molar-refractivity contribution in [3.8, 4) is 0 Å². The monoisotopic (exact) mass is 330 g/mol. The van der Waals surface area contributed by atoms with E-state index >= 15 is 0 Å². The van der Waals surface area contributed by atoms with Crippen molar-refractivity contribution in [2.75, 3.05) is 0 Å². The van der Waals surface area contributed by atoms with Crippen LogP contribution in [0.25, 0.3) is 0 Å². The van der Waals surface area contributed by atoms with Crippen molar-refractivity contribution in [1.29, 1.82) is 0 Å². The molecule has 1 atom stereocenters. The Kier molecular flexibility index (Phi) is 3.95. The van der Waals surface area contributed by atoms with Crippen molar-refractivity contribution in [2.24, 2.45) is 0 Å². The first-order chi connectivity index (χ1) is 9.65. The third kappa shape index (κ3) is 2.68. The van der Waals surface area contributed by atoms with Gasteiger partial charge >= 0.3 is 0 Å². The highest BCUT2D eigenvalue weighted by Gasteiger charge is 2.16. The molecule has 0 fully saturated rings. The zero-order chi connectivity index (χ0) is 14.1. The molecule has 4 aliphatic carbocycles. The van der Waals surface area contributed by atoms with Crippen LogP contribution < -0.4 is 0 Å². The highest BCUT2D eigenvalue weighted by molar-refractivity contribution is 9.10. The van der Waals surface area contributed by atoms with E-state index in [0.717, 1.165) is 35.7 Å². The molecule has 0 radical (unpaired) electrons. The second-order valence-corrected chi connectivity index (χ2v) is 6.40. The van der Waals surface area contributed by atoms with Crippen molar-refractivity contribution in [3.05, 3.63) is 68.7 Å². The fourth-order valence-corrected chi connectivity index (χ4v) is 3.89. The van der Waals surface area contributed by atoms with Crippen LogP contribution in [0.4, 0.5) is 0 Å². The van der Waals surface area contributed by atoms with Crippen LogP contribution in [0.15, 0.2) is 40.9 Å². The van der Waals surface area contributed by atoms with Gasteiger partial charge in [-0.05, 0) is 60.4 Å². The number of aliphatic hydroxyl groups is 1. The lowest BCUT2D eigenvalue weighted by Gasteiger charge is -2.19. The third-order valence-corrected chi connectivity index (χ3v) is 5.09. The molecule has 1 N–H and O–H groups in total. The number of aliphatic hydroxyl groups excluding tert-OH is 1. The molecule has 0 saturated heterocycles. The summed E-state index contributed by atoms with van der Waals surface area (Å²) in [5, 5.41) is 10.1. The zero-order valence-electron chi connectivity index (χ0n) is 11.7. The van der Waals surface area contributed by atoms with Crippen molar-refractivity contribution < 1.29 is 5.11 Å². The van der Waals surface area contributed by atoms with E-state index < -0.39 is 6.10 Å². The van der Waals surface area contributed by atoms with E-state index in [1.54, 1.807) is 0 Å². The number of rotatable bonds is 1. The molecule has 104 valence electrons. The van der Waals surface area contributed by atoms with E-state index in [1.807, 2.05) is 6.92 Å². The maximum Gasteiger partial charge on any atom is 0.0775 e. The summed E-state index contributed by atoms with van der Waals surface area (Å²) in [6.07, 6.45) is 3.60. The van der Waals surface area contributed by atoms with Crippen molar-refractivity contribution in [2.45, 2.75) is 38.7 Å². The summed E-state index contributed by atoms with van der Waals surface area (Å²) in [7, 11) is 0. The normalized spacial score (nSPS) is 15.8. The predicted molar refractivity (Wildman–Crippen MR) is 86.0 cm³/mol. The van der Waals surface area contributed by atoms with Crippen molar-refractivity contribution in [3.63, 3.8) is 0 Å². The number of aryl methyl sites for hydroxylation is 4. The summed E-state index contributed by atoms with van der Waals surface area (Å²) in [6, 6.07) is 13.4. The molecule has 0 amide bonds. The van der Waals surface area contributed by atoms with E-state index in [4.69, 9.17) is 0 Å². The Morgan fingerprint density at radius 1 is 0.850 bits per heavy atom. The number of halogens is 1. The third-order valence-electron chi connectivity index (χ3n) is 4.16. The molecular formula is C18H19BrO. The highest BCUT2D eigenvalue weighted by Crippen LogP contribution is 2.32. The van der Waals surface area contributed by atoms with Gasteiger partial charge in [-0.15, -0.1) is 0 Å². The van der Waals surface area contributed by atoms with E-state index in [2.05, 4.69) is 52.3 Å². The minimum absolute atomic E-state index is 0.428. The molecule has 2 aromatic carbocycles. The lowest BCUT2D eigenvalue weighted by atomic mass is 9.91. The van der Waals surface area contributed by atoms with E-state index in [0.29, 0.717) is 0 Å². The zero-order valence-corrected chi connectivity index (χ0v) is 13.3. The summed E-state index contributed by atoms with van der Waals surface area (Å²) in [5.74, 6) is 0. The molecule has 4 aliphatic rings. The predicted octanol–water partition coefficient (Wildman–Crippen LogP) is 4.39. The first-order valence-corrected chi connectivity index (χ1v) is 8.00. The molecule has 0 spiro atoms. The van der Waals surface area contributed by atoms with Crippen LogP contribution >= 0.6 is 15.9 Å². The Balaban J connectivity index is 2.08. The number of hydrogen-bond donors (Lipinski definition) is 1. The molecule has 0 aromatic heterocycles. The quantitative estimate of drug-likeness (QED) is 0.822. The van der Waals surface area contributed by atoms with Crippen LogP contribution in [0.3, 0.4) is 0 Å². The van der Waals surface area contributed by atoms with Gasteiger partial charge in [0.15, 0.2) is 0 Å². The van der Waals surface area contributed by atoms with Crippen LogP contribution in [0.2, 0.25) is 0 Å². The van der Waals surface area contributed by atoms with Crippen LogP contribution in [-0.2, 0) is 25.7 Å². The fourth-order valence-electron chi connectivity index (χ4n) is 2.97. The van der Waals surface area contributed by atoms with Crippen molar-refractivity contribution in [1.82, 2.24) is 0 Å². The Morgan fingerprint density at radius 3 is 1.90 bits per heavy atom. The molecule has 20 heavy (non-hydrogen) atoms. The number of benzene rings is 2. The van der Waals surface area contributed by atoms with Crippen LogP contribution in [0.1, 0.15) is 40.8 Å². The molecule has 2 aromatic rings. The molecule has 4 bridgehead atoms. The SMILES string of the molecule is C[C@@H](O)c1c2ccc(c1Br)CCc1ccc(cc1)CC2. The Morgan fingerprint density at radius 2 is 1.35 bits per heavy atom. The topological polar surface area (TPSA) is 20.2 Å².